The van der Waals surface area contributed by atoms with Crippen molar-refractivity contribution in [2.24, 2.45) is 23.2 Å². The molecule has 7 fully saturated rings. The van der Waals surface area contributed by atoms with Crippen molar-refractivity contribution in [3.8, 4) is 0 Å². The summed E-state index contributed by atoms with van der Waals surface area (Å²) in [4.78, 5) is 27.8. The first-order chi connectivity index (χ1) is 11.0. The minimum Gasteiger partial charge on any atom is -0.390 e. The van der Waals surface area contributed by atoms with Crippen molar-refractivity contribution in [3.05, 3.63) is 0 Å². The molecule has 6 atom stereocenters. The molecular weight excluding hydrogens is 292 g/mol. The Morgan fingerprint density at radius 1 is 1.04 bits per heavy atom. The number of piperidine rings is 1. The Bertz CT molecular complexity index is 618. The van der Waals surface area contributed by atoms with Gasteiger partial charge in [0.05, 0.1) is 5.60 Å². The average molecular weight is 316 g/mol. The molecule has 2 amide bonds. The highest BCUT2D eigenvalue weighted by Gasteiger charge is 2.66. The molecule has 5 aliphatic carbocycles. The standard InChI is InChI=1S/C18H24N2O3/c21-15-13-3-11-2-12(11)20(13)16(22)14(19-15)17-4-9-1-10(5-17)7-18(23,6-9)8-17/h9-14,23H,1-8H2,(H,19,21)/t9?,10?,11-,12-,13+,14+,17?,18?/m0/s1. The van der Waals surface area contributed by atoms with E-state index in [1.54, 1.807) is 0 Å². The van der Waals surface area contributed by atoms with Gasteiger partial charge in [-0.25, -0.2) is 0 Å². The van der Waals surface area contributed by atoms with Gasteiger partial charge < -0.3 is 15.3 Å². The third-order valence-electron chi connectivity index (χ3n) is 7.88. The van der Waals surface area contributed by atoms with Crippen molar-refractivity contribution >= 4 is 11.8 Å². The first-order valence-electron chi connectivity index (χ1n) is 9.31. The van der Waals surface area contributed by atoms with E-state index in [-0.39, 0.29) is 29.3 Å². The first kappa shape index (κ1) is 13.2. The lowest BCUT2D eigenvalue weighted by Gasteiger charge is -2.62. The molecule has 0 radical (unpaired) electrons. The maximum Gasteiger partial charge on any atom is 0.246 e. The number of rotatable bonds is 1. The minimum absolute atomic E-state index is 0.0598. The summed E-state index contributed by atoms with van der Waals surface area (Å²) in [6, 6.07) is -0.263. The number of hydrogen-bond acceptors (Lipinski definition) is 3. The third kappa shape index (κ3) is 1.57. The molecule has 5 saturated carbocycles. The van der Waals surface area contributed by atoms with E-state index in [0.717, 1.165) is 38.5 Å². The summed E-state index contributed by atoms with van der Waals surface area (Å²) < 4.78 is 0. The van der Waals surface area contributed by atoms with Gasteiger partial charge in [-0.15, -0.1) is 0 Å². The van der Waals surface area contributed by atoms with Crippen LogP contribution in [0.25, 0.3) is 0 Å². The van der Waals surface area contributed by atoms with E-state index in [1.807, 2.05) is 4.90 Å². The zero-order valence-electron chi connectivity index (χ0n) is 13.3. The van der Waals surface area contributed by atoms with Crippen LogP contribution in [0.3, 0.4) is 0 Å². The number of nitrogens with one attached hydrogen (secondary N) is 1. The zero-order valence-corrected chi connectivity index (χ0v) is 13.3. The smallest absolute Gasteiger partial charge is 0.246 e. The molecule has 0 aromatic heterocycles. The number of carbonyl (C=O) groups excluding carboxylic acids is 2. The fraction of sp³-hybridized carbons (Fsp3) is 0.889. The van der Waals surface area contributed by atoms with E-state index in [2.05, 4.69) is 5.32 Å². The van der Waals surface area contributed by atoms with E-state index in [4.69, 9.17) is 0 Å². The quantitative estimate of drug-likeness (QED) is 0.752. The van der Waals surface area contributed by atoms with Crippen molar-refractivity contribution in [1.29, 1.82) is 0 Å². The molecule has 0 spiro atoms. The van der Waals surface area contributed by atoms with Crippen LogP contribution in [0.5, 0.6) is 0 Å². The van der Waals surface area contributed by atoms with Gasteiger partial charge in [-0.3, -0.25) is 9.59 Å². The highest BCUT2D eigenvalue weighted by Crippen LogP contribution is 2.63. The summed E-state index contributed by atoms with van der Waals surface area (Å²) in [6.07, 6.45) is 7.67. The normalized spacial score (nSPS) is 58.9. The highest BCUT2D eigenvalue weighted by atomic mass is 16.3. The van der Waals surface area contributed by atoms with E-state index < -0.39 is 5.60 Å². The van der Waals surface area contributed by atoms with Crippen LogP contribution in [0.1, 0.15) is 51.4 Å². The van der Waals surface area contributed by atoms with Gasteiger partial charge in [0.15, 0.2) is 0 Å². The lowest BCUT2D eigenvalue weighted by Crippen LogP contribution is -2.71. The van der Waals surface area contributed by atoms with Gasteiger partial charge in [-0.05, 0) is 69.1 Å². The SMILES string of the molecule is O=C1N[C@@H](C23CC4CC(CC(O)(C4)C2)C3)C(=O)N2[C@@H]1C[C@@H]1C[C@@H]12. The predicted octanol–water partition coefficient (Wildman–Crippen LogP) is 0.805. The van der Waals surface area contributed by atoms with E-state index >= 15 is 0 Å². The van der Waals surface area contributed by atoms with E-state index in [0.29, 0.717) is 30.2 Å². The molecule has 7 rings (SSSR count). The topological polar surface area (TPSA) is 69.6 Å². The van der Waals surface area contributed by atoms with Crippen LogP contribution < -0.4 is 5.32 Å². The number of nitrogens with zero attached hydrogens (tertiary/aromatic N) is 1. The van der Waals surface area contributed by atoms with Crippen LogP contribution in [0, 0.1) is 23.2 Å². The molecule has 5 nitrogen and oxygen atoms in total. The molecule has 0 aromatic rings. The fourth-order valence-corrected chi connectivity index (χ4v) is 7.49. The molecule has 124 valence electrons. The van der Waals surface area contributed by atoms with Crippen LogP contribution >= 0.6 is 0 Å². The van der Waals surface area contributed by atoms with Crippen LogP contribution in [0.2, 0.25) is 0 Å². The van der Waals surface area contributed by atoms with Crippen molar-refractivity contribution < 1.29 is 14.7 Å². The van der Waals surface area contributed by atoms with Gasteiger partial charge >= 0.3 is 0 Å². The molecular formula is C18H24N2O3. The number of piperazine rings is 1. The molecule has 2 heterocycles. The molecule has 2 N–H and O–H groups in total. The molecule has 5 heteroatoms. The minimum atomic E-state index is -0.584. The summed E-state index contributed by atoms with van der Waals surface area (Å²) >= 11 is 0. The zero-order chi connectivity index (χ0) is 15.6. The fourth-order valence-electron chi connectivity index (χ4n) is 7.49. The third-order valence-corrected chi connectivity index (χ3v) is 7.88. The molecule has 4 bridgehead atoms. The van der Waals surface area contributed by atoms with Gasteiger partial charge in [0.1, 0.15) is 12.1 Å². The van der Waals surface area contributed by atoms with Crippen LogP contribution in [0.15, 0.2) is 0 Å². The molecule has 2 unspecified atom stereocenters. The largest absolute Gasteiger partial charge is 0.390 e. The van der Waals surface area contributed by atoms with E-state index in [1.165, 1.54) is 6.42 Å². The lowest BCUT2D eigenvalue weighted by molar-refractivity contribution is -0.186. The number of aliphatic hydroxyl groups is 1. The summed E-state index contributed by atoms with van der Waals surface area (Å²) in [5.41, 5.74) is -0.775. The summed E-state index contributed by atoms with van der Waals surface area (Å²) in [6.45, 7) is 0. The summed E-state index contributed by atoms with van der Waals surface area (Å²) in [5.74, 6) is 1.86. The number of hydrogen-bond donors (Lipinski definition) is 2. The van der Waals surface area contributed by atoms with Crippen LogP contribution in [-0.4, -0.2) is 45.5 Å². The van der Waals surface area contributed by atoms with Crippen molar-refractivity contribution in [2.75, 3.05) is 0 Å². The van der Waals surface area contributed by atoms with Crippen molar-refractivity contribution in [1.82, 2.24) is 10.2 Å². The van der Waals surface area contributed by atoms with Gasteiger partial charge in [0.25, 0.3) is 0 Å². The van der Waals surface area contributed by atoms with Gasteiger partial charge in [-0.1, -0.05) is 0 Å². The lowest BCUT2D eigenvalue weighted by atomic mass is 9.46. The maximum absolute atomic E-state index is 13.2. The number of amides is 2. The second kappa shape index (κ2) is 3.76. The Labute approximate surface area is 135 Å². The average Bonchev–Trinajstić information content (AvgIpc) is 3.10. The number of fused-ring (bicyclic) bond motifs is 3. The Hall–Kier alpha value is -1.10. The van der Waals surface area contributed by atoms with Crippen LogP contribution in [0.4, 0.5) is 0 Å². The number of carbonyl (C=O) groups is 2. The molecule has 7 aliphatic rings. The Morgan fingerprint density at radius 3 is 2.48 bits per heavy atom. The first-order valence-corrected chi connectivity index (χ1v) is 9.31. The molecule has 2 aliphatic heterocycles. The molecule has 0 aromatic carbocycles. The maximum atomic E-state index is 13.2. The predicted molar refractivity (Wildman–Crippen MR) is 81.1 cm³/mol. The molecule has 2 saturated heterocycles. The van der Waals surface area contributed by atoms with Gasteiger partial charge in [0.2, 0.25) is 11.8 Å². The second-order valence-corrected chi connectivity index (χ2v) is 9.55. The van der Waals surface area contributed by atoms with E-state index in [9.17, 15) is 14.7 Å². The molecule has 23 heavy (non-hydrogen) atoms. The van der Waals surface area contributed by atoms with Gasteiger partial charge in [-0.2, -0.15) is 0 Å². The summed E-state index contributed by atoms with van der Waals surface area (Å²) in [5, 5.41) is 14.1. The van der Waals surface area contributed by atoms with Crippen molar-refractivity contribution in [2.45, 2.75) is 75.1 Å². The van der Waals surface area contributed by atoms with Gasteiger partial charge in [0, 0.05) is 11.5 Å². The van der Waals surface area contributed by atoms with Crippen molar-refractivity contribution in [3.63, 3.8) is 0 Å². The second-order valence-electron chi connectivity index (χ2n) is 9.55. The Balaban J connectivity index is 1.39. The monoisotopic (exact) mass is 316 g/mol. The Morgan fingerprint density at radius 2 is 1.78 bits per heavy atom. The Kier molecular flexibility index (Phi) is 2.16. The summed E-state index contributed by atoms with van der Waals surface area (Å²) in [7, 11) is 0. The van der Waals surface area contributed by atoms with Crippen LogP contribution in [-0.2, 0) is 9.59 Å². The highest BCUT2D eigenvalue weighted by molar-refractivity contribution is 5.98.